The summed E-state index contributed by atoms with van der Waals surface area (Å²) in [4.78, 5) is 24.5. The van der Waals surface area contributed by atoms with Gasteiger partial charge in [0.15, 0.2) is 12.3 Å². The smallest absolute Gasteiger partial charge is 0.481 e. The second-order valence-corrected chi connectivity index (χ2v) is 12.3. The fourth-order valence-electron chi connectivity index (χ4n) is 6.07. The number of nitriles is 1. The number of nitrogens with zero attached hydrogens (tertiary/aromatic N) is 3. The number of carbonyl (C=O) groups is 2. The summed E-state index contributed by atoms with van der Waals surface area (Å²) in [5, 5.41) is 28.7. The number of hydrogen-bond acceptors (Lipinski definition) is 6. The Morgan fingerprint density at radius 3 is 2.02 bits per heavy atom. The molecule has 0 saturated carbocycles. The summed E-state index contributed by atoms with van der Waals surface area (Å²) in [5.74, 6) is -3.09. The third kappa shape index (κ3) is 8.25. The molecule has 0 amide bonds. The molecule has 0 unspecified atom stereocenters. The van der Waals surface area contributed by atoms with Gasteiger partial charge in [0.2, 0.25) is 5.69 Å². The van der Waals surface area contributed by atoms with E-state index in [0.29, 0.717) is 33.9 Å². The molecule has 0 aliphatic carbocycles. The van der Waals surface area contributed by atoms with Gasteiger partial charge in [-0.15, -0.1) is 26.3 Å². The van der Waals surface area contributed by atoms with E-state index in [2.05, 4.69) is 9.47 Å². The van der Waals surface area contributed by atoms with Crippen LogP contribution in [0.3, 0.4) is 0 Å². The summed E-state index contributed by atoms with van der Waals surface area (Å²) < 4.78 is 87.6. The first-order valence-corrected chi connectivity index (χ1v) is 14.8. The summed E-state index contributed by atoms with van der Waals surface area (Å²) >= 11 is 0. The molecule has 0 atom stereocenters. The molecule has 4 rings (SSSR count). The van der Waals surface area contributed by atoms with Gasteiger partial charge in [0.1, 0.15) is 17.9 Å². The summed E-state index contributed by atoms with van der Waals surface area (Å²) in [7, 11) is 0. The molecule has 0 spiro atoms. The van der Waals surface area contributed by atoms with E-state index in [4.69, 9.17) is 0 Å². The predicted octanol–water partition coefficient (Wildman–Crippen LogP) is 7.50. The van der Waals surface area contributed by atoms with Gasteiger partial charge in [0, 0.05) is 41.1 Å². The number of halogens is 6. The summed E-state index contributed by atoms with van der Waals surface area (Å²) in [6.07, 6.45) is -4.40. The third-order valence-corrected chi connectivity index (χ3v) is 8.26. The number of alkyl halides is 6. The molecule has 2 heterocycles. The van der Waals surface area contributed by atoms with Crippen molar-refractivity contribution in [1.82, 2.24) is 0 Å². The molecule has 0 fully saturated rings. The van der Waals surface area contributed by atoms with Gasteiger partial charge in [-0.05, 0) is 68.0 Å². The monoisotopic (exact) mass is 692 g/mol. The van der Waals surface area contributed by atoms with Gasteiger partial charge in [-0.25, -0.2) is 0 Å². The van der Waals surface area contributed by atoms with E-state index in [9.17, 15) is 51.4 Å². The number of carboxylic acid groups (broad SMARTS) is 2. The Kier molecular flexibility index (Phi) is 9.95. The average molecular weight is 693 g/mol. The molecule has 2 aromatic carbocycles. The Morgan fingerprint density at radius 2 is 1.47 bits per heavy atom. The first-order valence-electron chi connectivity index (χ1n) is 14.8. The molecule has 9 nitrogen and oxygen atoms in total. The van der Waals surface area contributed by atoms with Crippen LogP contribution >= 0.6 is 0 Å². The lowest BCUT2D eigenvalue weighted by atomic mass is 9.81. The molecule has 15 heteroatoms. The lowest BCUT2D eigenvalue weighted by molar-refractivity contribution is -0.436. The fraction of sp³-hybridized carbons (Fsp3) is 0.353. The first-order chi connectivity index (χ1) is 22.6. The van der Waals surface area contributed by atoms with E-state index < -0.39 is 47.0 Å². The van der Waals surface area contributed by atoms with Gasteiger partial charge in [-0.3, -0.25) is 9.59 Å². The number of rotatable bonds is 11. The molecule has 0 aromatic heterocycles. The van der Waals surface area contributed by atoms with Crippen molar-refractivity contribution in [1.29, 1.82) is 5.26 Å². The highest BCUT2D eigenvalue weighted by Crippen LogP contribution is 2.49. The molecular weight excluding hydrogens is 660 g/mol. The van der Waals surface area contributed by atoms with Crippen molar-refractivity contribution >= 4 is 29.0 Å². The van der Waals surface area contributed by atoms with Gasteiger partial charge in [0.25, 0.3) is 0 Å². The molecule has 49 heavy (non-hydrogen) atoms. The molecular formula is C34H32F6N3O6+. The van der Waals surface area contributed by atoms with Gasteiger partial charge in [-0.2, -0.15) is 9.84 Å². The van der Waals surface area contributed by atoms with Crippen molar-refractivity contribution in [2.24, 2.45) is 0 Å². The Morgan fingerprint density at radius 1 is 0.898 bits per heavy atom. The zero-order valence-electron chi connectivity index (χ0n) is 26.7. The van der Waals surface area contributed by atoms with Gasteiger partial charge < -0.3 is 24.6 Å². The maximum atomic E-state index is 13.0. The van der Waals surface area contributed by atoms with Crippen LogP contribution in [0, 0.1) is 11.3 Å². The topological polar surface area (TPSA) is 123 Å². The summed E-state index contributed by atoms with van der Waals surface area (Å²) in [6.45, 7) is 6.89. The Hall–Kier alpha value is -5.26. The Balaban J connectivity index is 1.75. The lowest BCUT2D eigenvalue weighted by Crippen LogP contribution is -2.28. The van der Waals surface area contributed by atoms with E-state index in [1.54, 1.807) is 49.3 Å². The third-order valence-electron chi connectivity index (χ3n) is 8.26. The number of fused-ring (bicyclic) bond motifs is 2. The minimum Gasteiger partial charge on any atom is -0.481 e. The van der Waals surface area contributed by atoms with Crippen molar-refractivity contribution in [3.63, 3.8) is 0 Å². The summed E-state index contributed by atoms with van der Waals surface area (Å²) in [6, 6.07) is 9.59. The van der Waals surface area contributed by atoms with E-state index >= 15 is 0 Å². The van der Waals surface area contributed by atoms with Crippen LogP contribution in [0.15, 0.2) is 72.0 Å². The molecule has 2 aromatic rings. The normalized spacial score (nSPS) is 17.7. The predicted molar refractivity (Wildman–Crippen MR) is 165 cm³/mol. The number of carboxylic acids is 2. The van der Waals surface area contributed by atoms with Gasteiger partial charge in [0.05, 0.1) is 23.5 Å². The Labute approximate surface area is 277 Å². The van der Waals surface area contributed by atoms with Crippen LogP contribution in [0.5, 0.6) is 11.5 Å². The minimum absolute atomic E-state index is 0.0222. The molecule has 260 valence electrons. The second kappa shape index (κ2) is 13.3. The Bertz CT molecular complexity index is 1830. The van der Waals surface area contributed by atoms with Crippen LogP contribution in [0.1, 0.15) is 51.7 Å². The van der Waals surface area contributed by atoms with Gasteiger partial charge in [-0.1, -0.05) is 13.8 Å². The van der Waals surface area contributed by atoms with Crippen molar-refractivity contribution < 1.29 is 60.2 Å². The standard InChI is InChI=1S/C34H31F6N3O6/c1-31(2)23-17-21(48-33(35,36)37)7-9-25(23)42(15-13-29(44)45)27(31)11-5-20(19-41)6-12-28-32(3,4)24-18-22(49-34(38,39)40)8-10-26(24)43(28)16-14-30(46)47/h5-12,17-18H,13-16H2,1-4H3,(H-,44,45,46,47)/p+1. The highest BCUT2D eigenvalue weighted by molar-refractivity contribution is 6.03. The molecule has 0 saturated heterocycles. The SMILES string of the molecule is CC1(C)C(/C=C/C(C#N)=C/C=C2/N(CCC(=O)O)c3ccc(OC(F)(F)F)cc3C2(C)C)=[N+](CCC(=O)O)c2ccc(OC(F)(F)F)cc21. The summed E-state index contributed by atoms with van der Waals surface area (Å²) in [5.41, 5.74) is 1.01. The fourth-order valence-corrected chi connectivity index (χ4v) is 6.07. The van der Waals surface area contributed by atoms with Crippen LogP contribution < -0.4 is 14.4 Å². The number of benzene rings is 2. The number of ether oxygens (including phenoxy) is 2. The van der Waals surface area contributed by atoms with E-state index in [0.717, 1.165) is 12.1 Å². The van der Waals surface area contributed by atoms with Crippen LogP contribution in [0.25, 0.3) is 0 Å². The largest absolute Gasteiger partial charge is 0.573 e. The van der Waals surface area contributed by atoms with Crippen LogP contribution in [0.4, 0.5) is 37.7 Å². The number of anilines is 1. The maximum Gasteiger partial charge on any atom is 0.573 e. The van der Waals surface area contributed by atoms with Crippen molar-refractivity contribution in [3.8, 4) is 17.6 Å². The molecule has 0 bridgehead atoms. The van der Waals surface area contributed by atoms with Crippen LogP contribution in [-0.4, -0.2) is 58.3 Å². The van der Waals surface area contributed by atoms with Crippen LogP contribution in [0.2, 0.25) is 0 Å². The first kappa shape index (κ1) is 36.6. The quantitative estimate of drug-likeness (QED) is 0.108. The van der Waals surface area contributed by atoms with E-state index in [1.807, 2.05) is 6.07 Å². The van der Waals surface area contributed by atoms with Crippen molar-refractivity contribution in [2.45, 2.75) is 64.1 Å². The van der Waals surface area contributed by atoms with Crippen molar-refractivity contribution in [3.05, 3.63) is 83.1 Å². The highest BCUT2D eigenvalue weighted by atomic mass is 19.4. The highest BCUT2D eigenvalue weighted by Gasteiger charge is 2.46. The minimum atomic E-state index is -4.93. The van der Waals surface area contributed by atoms with Gasteiger partial charge >= 0.3 is 24.7 Å². The number of hydrogen-bond donors (Lipinski definition) is 2. The average Bonchev–Trinajstić information content (AvgIpc) is 3.31. The van der Waals surface area contributed by atoms with Crippen LogP contribution in [-0.2, 0) is 20.4 Å². The maximum absolute atomic E-state index is 13.0. The van der Waals surface area contributed by atoms with Crippen molar-refractivity contribution in [2.75, 3.05) is 18.0 Å². The molecule has 2 aliphatic heterocycles. The lowest BCUT2D eigenvalue weighted by Gasteiger charge is -2.26. The molecule has 0 radical (unpaired) electrons. The zero-order chi connectivity index (χ0) is 36.5. The van der Waals surface area contributed by atoms with E-state index in [-0.39, 0.29) is 31.5 Å². The van der Waals surface area contributed by atoms with E-state index in [1.165, 1.54) is 36.4 Å². The number of aliphatic carboxylic acids is 2. The molecule has 2 aliphatic rings. The molecule has 2 N–H and O–H groups in total. The zero-order valence-corrected chi connectivity index (χ0v) is 26.7. The number of allylic oxidation sites excluding steroid dienone is 6. The second-order valence-electron chi connectivity index (χ2n) is 12.3.